The van der Waals surface area contributed by atoms with E-state index in [2.05, 4.69) is 33.6 Å². The summed E-state index contributed by atoms with van der Waals surface area (Å²) in [6.45, 7) is 18.2. The first-order chi connectivity index (χ1) is 8.93. The molecule has 0 aromatic rings. The summed E-state index contributed by atoms with van der Waals surface area (Å²) in [4.78, 5) is 0. The molecule has 3 aliphatic carbocycles. The fourth-order valence-electron chi connectivity index (χ4n) is 5.34. The first-order valence-electron chi connectivity index (χ1n) is 7.98. The highest BCUT2D eigenvalue weighted by molar-refractivity contribution is 5.48. The van der Waals surface area contributed by atoms with Gasteiger partial charge in [-0.3, -0.25) is 0 Å². The summed E-state index contributed by atoms with van der Waals surface area (Å²) < 4.78 is 0. The zero-order valence-electron chi connectivity index (χ0n) is 12.7. The van der Waals surface area contributed by atoms with Crippen molar-refractivity contribution in [1.29, 1.82) is 0 Å². The average molecular weight is 256 g/mol. The summed E-state index contributed by atoms with van der Waals surface area (Å²) in [5.41, 5.74) is 4.94. The number of fused-ring (bicyclic) bond motifs is 1. The lowest BCUT2D eigenvalue weighted by atomic mass is 9.43. The molecule has 3 saturated carbocycles. The maximum Gasteiger partial charge on any atom is 0.0217 e. The van der Waals surface area contributed by atoms with Crippen molar-refractivity contribution < 1.29 is 0 Å². The summed E-state index contributed by atoms with van der Waals surface area (Å²) in [6.07, 6.45) is 9.20. The van der Waals surface area contributed by atoms with Gasteiger partial charge < -0.3 is 0 Å². The molecule has 0 N–H and O–H groups in total. The highest BCUT2D eigenvalue weighted by Crippen LogP contribution is 2.75. The van der Waals surface area contributed by atoms with E-state index in [9.17, 15) is 0 Å². The molecule has 19 heavy (non-hydrogen) atoms. The minimum atomic E-state index is 0.200. The Morgan fingerprint density at radius 1 is 1.11 bits per heavy atom. The molecular weight excluding hydrogens is 228 g/mol. The maximum absolute atomic E-state index is 4.60. The van der Waals surface area contributed by atoms with Crippen molar-refractivity contribution in [2.24, 2.45) is 22.7 Å². The van der Waals surface area contributed by atoms with Gasteiger partial charge in [0.25, 0.3) is 0 Å². The molecule has 0 saturated heterocycles. The molecule has 3 fully saturated rings. The van der Waals surface area contributed by atoms with Crippen molar-refractivity contribution in [1.82, 2.24) is 0 Å². The van der Waals surface area contributed by atoms with Crippen LogP contribution in [0.15, 0.2) is 36.5 Å². The van der Waals surface area contributed by atoms with Crippen molar-refractivity contribution in [2.45, 2.75) is 58.8 Å². The Morgan fingerprint density at radius 2 is 1.74 bits per heavy atom. The standard InChI is InChI=1S/C19H28/c1-13-11-19(14(2)12-18(19,5)15(13)3)16(4)17-9-7-6-8-10-17/h15,17H,1-2,4,6-12H2,3,5H3. The molecule has 0 heterocycles. The van der Waals surface area contributed by atoms with Crippen LogP contribution in [0.2, 0.25) is 0 Å². The Hall–Kier alpha value is -0.780. The van der Waals surface area contributed by atoms with Crippen LogP contribution in [0.3, 0.4) is 0 Å². The van der Waals surface area contributed by atoms with Crippen molar-refractivity contribution in [3.8, 4) is 0 Å². The molecule has 104 valence electrons. The first-order valence-corrected chi connectivity index (χ1v) is 7.98. The van der Waals surface area contributed by atoms with Gasteiger partial charge in [0.1, 0.15) is 0 Å². The van der Waals surface area contributed by atoms with Crippen LogP contribution in [0.25, 0.3) is 0 Å². The van der Waals surface area contributed by atoms with Gasteiger partial charge in [0, 0.05) is 5.41 Å². The predicted molar refractivity (Wildman–Crippen MR) is 82.9 cm³/mol. The summed E-state index contributed by atoms with van der Waals surface area (Å²) >= 11 is 0. The summed E-state index contributed by atoms with van der Waals surface area (Å²) in [5.74, 6) is 1.36. The lowest BCUT2D eigenvalue weighted by Crippen LogP contribution is -2.52. The van der Waals surface area contributed by atoms with Crippen molar-refractivity contribution in [2.75, 3.05) is 0 Å². The van der Waals surface area contributed by atoms with E-state index in [-0.39, 0.29) is 5.41 Å². The van der Waals surface area contributed by atoms with E-state index in [0.717, 1.165) is 12.3 Å². The van der Waals surface area contributed by atoms with Crippen LogP contribution in [-0.2, 0) is 0 Å². The third-order valence-electron chi connectivity index (χ3n) is 6.87. The van der Waals surface area contributed by atoms with Gasteiger partial charge >= 0.3 is 0 Å². The molecule has 3 unspecified atom stereocenters. The van der Waals surface area contributed by atoms with Crippen LogP contribution in [0.5, 0.6) is 0 Å². The number of hydrogen-bond acceptors (Lipinski definition) is 0. The zero-order chi connectivity index (χ0) is 13.8. The number of hydrogen-bond donors (Lipinski definition) is 0. The maximum atomic E-state index is 4.60. The van der Waals surface area contributed by atoms with Crippen LogP contribution < -0.4 is 0 Å². The SMILES string of the molecule is C=C1CC2(C(=C)C3CCCCC3)C(=C)CC2(C)C1C. The van der Waals surface area contributed by atoms with Gasteiger partial charge in [-0.15, -0.1) is 0 Å². The van der Waals surface area contributed by atoms with Crippen molar-refractivity contribution >= 4 is 0 Å². The van der Waals surface area contributed by atoms with E-state index in [1.165, 1.54) is 55.2 Å². The molecule has 0 amide bonds. The summed E-state index contributed by atoms with van der Waals surface area (Å²) in [6, 6.07) is 0. The smallest absolute Gasteiger partial charge is 0.0217 e. The van der Waals surface area contributed by atoms with Crippen LogP contribution in [0.1, 0.15) is 58.8 Å². The van der Waals surface area contributed by atoms with Gasteiger partial charge in [-0.1, -0.05) is 69.6 Å². The average Bonchev–Trinajstić information content (AvgIpc) is 2.57. The van der Waals surface area contributed by atoms with Crippen LogP contribution in [0, 0.1) is 22.7 Å². The number of rotatable bonds is 2. The van der Waals surface area contributed by atoms with Gasteiger partial charge in [-0.05, 0) is 42.9 Å². The molecule has 0 heteroatoms. The lowest BCUT2D eigenvalue weighted by Gasteiger charge is -2.60. The second-order valence-corrected chi connectivity index (χ2v) is 7.52. The Kier molecular flexibility index (Phi) is 2.86. The molecule has 3 atom stereocenters. The third-order valence-corrected chi connectivity index (χ3v) is 6.87. The summed E-state index contributed by atoms with van der Waals surface area (Å²) in [5, 5.41) is 0. The van der Waals surface area contributed by atoms with Crippen LogP contribution in [0.4, 0.5) is 0 Å². The molecular formula is C19H28. The molecule has 3 rings (SSSR count). The Morgan fingerprint density at radius 3 is 2.26 bits per heavy atom. The van der Waals surface area contributed by atoms with E-state index in [0.29, 0.717) is 11.3 Å². The third kappa shape index (κ3) is 1.46. The zero-order valence-corrected chi connectivity index (χ0v) is 12.7. The van der Waals surface area contributed by atoms with E-state index < -0.39 is 0 Å². The minimum absolute atomic E-state index is 0.200. The molecule has 0 aliphatic heterocycles. The van der Waals surface area contributed by atoms with Crippen LogP contribution >= 0.6 is 0 Å². The quantitative estimate of drug-likeness (QED) is 0.558. The van der Waals surface area contributed by atoms with Gasteiger partial charge in [0.2, 0.25) is 0 Å². The van der Waals surface area contributed by atoms with Gasteiger partial charge in [-0.2, -0.15) is 0 Å². The molecule has 3 aliphatic rings. The fraction of sp³-hybridized carbons (Fsp3) is 0.684. The lowest BCUT2D eigenvalue weighted by molar-refractivity contribution is 0.0354. The highest BCUT2D eigenvalue weighted by atomic mass is 14.7. The van der Waals surface area contributed by atoms with Gasteiger partial charge in [0.15, 0.2) is 0 Å². The molecule has 0 aromatic heterocycles. The Balaban J connectivity index is 1.95. The monoisotopic (exact) mass is 256 g/mol. The van der Waals surface area contributed by atoms with Gasteiger partial charge in [-0.25, -0.2) is 0 Å². The van der Waals surface area contributed by atoms with E-state index in [1.807, 2.05) is 0 Å². The Bertz CT molecular complexity index is 449. The van der Waals surface area contributed by atoms with E-state index in [4.69, 9.17) is 0 Å². The molecule has 0 aromatic carbocycles. The topological polar surface area (TPSA) is 0 Å². The fourth-order valence-corrected chi connectivity index (χ4v) is 5.34. The normalized spacial score (nSPS) is 42.9. The Labute approximate surface area is 118 Å². The second-order valence-electron chi connectivity index (χ2n) is 7.52. The number of allylic oxidation sites excluding steroid dienone is 3. The minimum Gasteiger partial charge on any atom is -0.0995 e. The van der Waals surface area contributed by atoms with Crippen molar-refractivity contribution in [3.63, 3.8) is 0 Å². The largest absolute Gasteiger partial charge is 0.0995 e. The summed E-state index contributed by atoms with van der Waals surface area (Å²) in [7, 11) is 0. The van der Waals surface area contributed by atoms with Crippen molar-refractivity contribution in [3.05, 3.63) is 36.5 Å². The van der Waals surface area contributed by atoms with E-state index in [1.54, 1.807) is 0 Å². The van der Waals surface area contributed by atoms with Crippen LogP contribution in [-0.4, -0.2) is 0 Å². The first kappa shape index (κ1) is 13.2. The predicted octanol–water partition coefficient (Wildman–Crippen LogP) is 5.67. The molecule has 0 nitrogen and oxygen atoms in total. The van der Waals surface area contributed by atoms with E-state index >= 15 is 0 Å². The highest BCUT2D eigenvalue weighted by Gasteiger charge is 2.67. The molecule has 0 bridgehead atoms. The molecule has 0 radical (unpaired) electrons. The second kappa shape index (κ2) is 4.11. The molecule has 0 spiro atoms. The van der Waals surface area contributed by atoms with Gasteiger partial charge in [0.05, 0.1) is 0 Å².